The van der Waals surface area contributed by atoms with Crippen molar-refractivity contribution in [2.24, 2.45) is 0 Å². The number of nitrogens with zero attached hydrogens (tertiary/aromatic N) is 6. The first-order chi connectivity index (χ1) is 36.6. The molecule has 3 saturated heterocycles. The molecule has 11 rings (SSSR count). The molecule has 4 N–H and O–H groups in total. The third-order valence-electron chi connectivity index (χ3n) is 14.8. The molecule has 6 amide bonds. The zero-order valence-electron chi connectivity index (χ0n) is 41.5. The van der Waals surface area contributed by atoms with Gasteiger partial charge in [0.15, 0.2) is 0 Å². The van der Waals surface area contributed by atoms with Crippen LogP contribution in [0.2, 0.25) is 0 Å². The summed E-state index contributed by atoms with van der Waals surface area (Å²) in [4.78, 5) is 93.6. The van der Waals surface area contributed by atoms with Crippen molar-refractivity contribution in [3.8, 4) is 0 Å². The lowest BCUT2D eigenvalue weighted by molar-refractivity contribution is -0.137. The lowest BCUT2D eigenvalue weighted by Crippen LogP contribution is -2.43. The second-order valence-electron chi connectivity index (χ2n) is 19.1. The molecule has 75 heavy (non-hydrogen) atoms. The molecule has 2 aromatic heterocycles. The summed E-state index contributed by atoms with van der Waals surface area (Å²) < 4.78 is 9.92. The molecule has 17 heteroatoms. The van der Waals surface area contributed by atoms with Crippen LogP contribution in [0.1, 0.15) is 101 Å². The normalized spacial score (nSPS) is 19.4. The minimum absolute atomic E-state index is 0.136. The van der Waals surface area contributed by atoms with E-state index in [0.29, 0.717) is 79.3 Å². The number of likely N-dealkylation sites (tertiary alicyclic amines) is 2. The molecule has 3 aliphatic rings. The largest absolute Gasteiger partial charge is 0.453 e. The fourth-order valence-corrected chi connectivity index (χ4v) is 11.2. The number of amides is 6. The third-order valence-corrected chi connectivity index (χ3v) is 14.8. The highest BCUT2D eigenvalue weighted by atomic mass is 16.5. The first-order valence-electron chi connectivity index (χ1n) is 25.2. The quantitative estimate of drug-likeness (QED) is 0.0869. The highest BCUT2D eigenvalue weighted by Gasteiger charge is 2.45. The highest BCUT2D eigenvalue weighted by molar-refractivity contribution is 5.96. The van der Waals surface area contributed by atoms with E-state index < -0.39 is 36.4 Å². The van der Waals surface area contributed by atoms with Gasteiger partial charge in [-0.05, 0) is 83.8 Å². The number of hydrogen-bond acceptors (Lipinski definition) is 9. The minimum Gasteiger partial charge on any atom is -0.453 e. The Balaban J connectivity index is 0.819. The number of ether oxygens (including phenoxy) is 2. The Kier molecular flexibility index (Phi) is 13.4. The number of rotatable bonds is 13. The van der Waals surface area contributed by atoms with E-state index in [1.54, 1.807) is 4.90 Å². The summed E-state index contributed by atoms with van der Waals surface area (Å²) in [7, 11) is 2.55. The fraction of sp³-hybridized carbons (Fsp3) is 0.259. The summed E-state index contributed by atoms with van der Waals surface area (Å²) in [5.41, 5.74) is 7.79. The number of imidazole rings is 2. The topological polar surface area (TPSA) is 198 Å². The van der Waals surface area contributed by atoms with Gasteiger partial charge in [-0.25, -0.2) is 24.4 Å². The SMILES string of the molecule is COC(=O)N[C@@H](C(=O)N1[C@@H](c2nc3ccc(CN4CCN(c5ccc6nc([C@H]7CC[C@@H](c8ccccc8)N7C(=O)[C@H](NC(=O)OC)c7ccccc7)[nH]c6c5)C4=O)cc3[nH]2)CC[C@H]1c1ccccc1)c1ccccc1. The molecule has 8 aromatic rings. The maximum atomic E-state index is 14.8. The van der Waals surface area contributed by atoms with E-state index in [9.17, 15) is 24.0 Å². The molecule has 380 valence electrons. The number of alkyl carbamates (subject to hydrolysis) is 2. The number of urea groups is 1. The van der Waals surface area contributed by atoms with Gasteiger partial charge < -0.3 is 44.8 Å². The predicted molar refractivity (Wildman–Crippen MR) is 281 cm³/mol. The van der Waals surface area contributed by atoms with Crippen molar-refractivity contribution in [2.45, 2.75) is 68.5 Å². The zero-order chi connectivity index (χ0) is 51.6. The smallest absolute Gasteiger partial charge is 0.407 e. The molecule has 0 spiro atoms. The standard InChI is InChI=1S/C58H56N10O7/c1-74-56(71)63-50(39-19-11-5-12-20-39)54(69)67-46(37-15-7-3-8-16-37)27-29-48(67)52-59-42-25-23-36(33-44(42)61-52)35-65-31-32-66(58(65)73)41-24-26-43-45(34-41)62-53(60-43)49-30-28-47(38-17-9-4-10-18-38)68(49)55(70)51(64-57(72)75-2)40-21-13-6-14-22-40/h3-26,33-34,46-51H,27-32,35H2,1-2H3,(H,59,61)(H,60,62)(H,63,71)(H,64,72)/t46-,47-,48+,49+,50+,51+/m0/s1. The molecule has 3 fully saturated rings. The molecule has 5 heterocycles. The first kappa shape index (κ1) is 48.3. The van der Waals surface area contributed by atoms with Gasteiger partial charge >= 0.3 is 18.2 Å². The van der Waals surface area contributed by atoms with Crippen LogP contribution in [-0.4, -0.2) is 92.0 Å². The van der Waals surface area contributed by atoms with E-state index in [2.05, 4.69) is 20.6 Å². The van der Waals surface area contributed by atoms with Crippen LogP contribution in [-0.2, 0) is 25.6 Å². The van der Waals surface area contributed by atoms with Crippen molar-refractivity contribution in [2.75, 3.05) is 32.2 Å². The number of H-pyrrole nitrogens is 2. The van der Waals surface area contributed by atoms with Gasteiger partial charge in [-0.15, -0.1) is 0 Å². The Morgan fingerprint density at radius 3 is 1.48 bits per heavy atom. The van der Waals surface area contributed by atoms with Gasteiger partial charge in [0.25, 0.3) is 11.8 Å². The summed E-state index contributed by atoms with van der Waals surface area (Å²) in [6, 6.07) is 46.2. The summed E-state index contributed by atoms with van der Waals surface area (Å²) in [5.74, 6) is 0.684. The molecule has 0 aliphatic carbocycles. The van der Waals surface area contributed by atoms with Crippen molar-refractivity contribution >= 4 is 57.8 Å². The summed E-state index contributed by atoms with van der Waals surface area (Å²) in [5, 5.41) is 5.57. The van der Waals surface area contributed by atoms with Crippen LogP contribution in [0, 0.1) is 0 Å². The van der Waals surface area contributed by atoms with Crippen molar-refractivity contribution in [3.05, 3.63) is 197 Å². The second kappa shape index (κ2) is 20.9. The number of carbonyl (C=O) groups is 5. The van der Waals surface area contributed by atoms with Crippen LogP contribution in [0.25, 0.3) is 22.1 Å². The van der Waals surface area contributed by atoms with Gasteiger partial charge in [0.2, 0.25) is 0 Å². The Morgan fingerprint density at radius 2 is 1.00 bits per heavy atom. The summed E-state index contributed by atoms with van der Waals surface area (Å²) >= 11 is 0. The molecule has 6 aromatic carbocycles. The Morgan fingerprint density at radius 1 is 0.560 bits per heavy atom. The van der Waals surface area contributed by atoms with E-state index in [0.717, 1.165) is 33.2 Å². The van der Waals surface area contributed by atoms with Crippen LogP contribution in [0.15, 0.2) is 158 Å². The molecular formula is C58H56N10O7. The number of anilines is 1. The van der Waals surface area contributed by atoms with Crippen LogP contribution in [0.4, 0.5) is 20.1 Å². The number of carbonyl (C=O) groups excluding carboxylic acids is 5. The number of benzene rings is 6. The second-order valence-corrected chi connectivity index (χ2v) is 19.1. The number of aromatic amines is 2. The van der Waals surface area contributed by atoms with Gasteiger partial charge in [-0.3, -0.25) is 14.5 Å². The Hall–Kier alpha value is -8.99. The average molecular weight is 1010 g/mol. The lowest BCUT2D eigenvalue weighted by atomic mass is 10.0. The molecular weight excluding hydrogens is 949 g/mol. The maximum Gasteiger partial charge on any atom is 0.407 e. The molecule has 0 unspecified atom stereocenters. The van der Waals surface area contributed by atoms with Crippen molar-refractivity contribution in [3.63, 3.8) is 0 Å². The number of fused-ring (bicyclic) bond motifs is 2. The van der Waals surface area contributed by atoms with Gasteiger partial charge in [0.1, 0.15) is 23.7 Å². The number of hydrogen-bond donors (Lipinski definition) is 4. The number of methoxy groups -OCH3 is 2. The van der Waals surface area contributed by atoms with E-state index in [1.807, 2.05) is 172 Å². The van der Waals surface area contributed by atoms with Gasteiger partial charge in [0, 0.05) is 25.3 Å². The first-order valence-corrected chi connectivity index (χ1v) is 25.2. The maximum absolute atomic E-state index is 14.8. The van der Waals surface area contributed by atoms with E-state index in [1.165, 1.54) is 14.2 Å². The van der Waals surface area contributed by atoms with E-state index in [4.69, 9.17) is 19.4 Å². The van der Waals surface area contributed by atoms with E-state index >= 15 is 0 Å². The third kappa shape index (κ3) is 9.60. The van der Waals surface area contributed by atoms with Gasteiger partial charge in [-0.2, -0.15) is 0 Å². The lowest BCUT2D eigenvalue weighted by Gasteiger charge is -2.33. The van der Waals surface area contributed by atoms with Crippen LogP contribution in [0.3, 0.4) is 0 Å². The molecule has 0 radical (unpaired) electrons. The summed E-state index contributed by atoms with van der Waals surface area (Å²) in [6.07, 6.45) is 1.21. The molecule has 3 aliphatic heterocycles. The van der Waals surface area contributed by atoms with Crippen molar-refractivity contribution < 1.29 is 33.4 Å². The number of nitrogens with one attached hydrogen (secondary N) is 4. The predicted octanol–water partition coefficient (Wildman–Crippen LogP) is 9.89. The molecule has 0 bridgehead atoms. The highest BCUT2D eigenvalue weighted by Crippen LogP contribution is 2.47. The van der Waals surface area contributed by atoms with Crippen molar-refractivity contribution in [1.82, 2.24) is 45.3 Å². The monoisotopic (exact) mass is 1000 g/mol. The fourth-order valence-electron chi connectivity index (χ4n) is 11.2. The Labute approximate surface area is 432 Å². The van der Waals surface area contributed by atoms with Gasteiger partial charge in [0.05, 0.1) is 60.5 Å². The van der Waals surface area contributed by atoms with Crippen LogP contribution in [0.5, 0.6) is 0 Å². The zero-order valence-corrected chi connectivity index (χ0v) is 41.5. The van der Waals surface area contributed by atoms with Crippen LogP contribution >= 0.6 is 0 Å². The molecule has 17 nitrogen and oxygen atoms in total. The molecule has 0 saturated carbocycles. The minimum atomic E-state index is -1.00. The van der Waals surface area contributed by atoms with Crippen LogP contribution < -0.4 is 15.5 Å². The number of aromatic nitrogens is 4. The molecule has 6 atom stereocenters. The Bertz CT molecular complexity index is 3370. The average Bonchev–Trinajstić information content (AvgIpc) is 4.33. The van der Waals surface area contributed by atoms with Gasteiger partial charge in [-0.1, -0.05) is 127 Å². The van der Waals surface area contributed by atoms with Crippen molar-refractivity contribution in [1.29, 1.82) is 0 Å². The van der Waals surface area contributed by atoms with E-state index in [-0.39, 0.29) is 29.9 Å². The summed E-state index contributed by atoms with van der Waals surface area (Å²) in [6.45, 7) is 1.34.